The summed E-state index contributed by atoms with van der Waals surface area (Å²) in [6.07, 6.45) is 0.615. The molecule has 1 fully saturated rings. The zero-order valence-electron chi connectivity index (χ0n) is 9.36. The molecule has 0 saturated carbocycles. The van der Waals surface area contributed by atoms with Gasteiger partial charge in [-0.2, -0.15) is 0 Å². The summed E-state index contributed by atoms with van der Waals surface area (Å²) < 4.78 is 5.25. The quantitative estimate of drug-likeness (QED) is 0.835. The first kappa shape index (κ1) is 12.4. The maximum atomic E-state index is 10.8. The molecule has 0 atom stereocenters. The zero-order valence-corrected chi connectivity index (χ0v) is 10.1. The number of carbonyl (C=O) groups excluding carboxylic acids is 1. The van der Waals surface area contributed by atoms with Crippen LogP contribution in [0.1, 0.15) is 15.9 Å². The van der Waals surface area contributed by atoms with Crippen molar-refractivity contribution < 1.29 is 14.6 Å². The van der Waals surface area contributed by atoms with E-state index in [2.05, 4.69) is 4.90 Å². The minimum Gasteiger partial charge on any atom is -0.507 e. The molecule has 0 unspecified atom stereocenters. The summed E-state index contributed by atoms with van der Waals surface area (Å²) in [5, 5.41) is 10.4. The Kier molecular flexibility index (Phi) is 3.99. The van der Waals surface area contributed by atoms with Gasteiger partial charge < -0.3 is 9.84 Å². The number of morpholine rings is 1. The van der Waals surface area contributed by atoms with Crippen molar-refractivity contribution in [2.75, 3.05) is 26.3 Å². The number of rotatable bonds is 3. The van der Waals surface area contributed by atoms with E-state index in [1.54, 1.807) is 6.07 Å². The predicted octanol–water partition coefficient (Wildman–Crippen LogP) is 1.69. The van der Waals surface area contributed by atoms with Crippen molar-refractivity contribution in [2.45, 2.75) is 6.54 Å². The third-order valence-electron chi connectivity index (χ3n) is 2.81. The van der Waals surface area contributed by atoms with E-state index in [9.17, 15) is 9.90 Å². The maximum Gasteiger partial charge on any atom is 0.153 e. The van der Waals surface area contributed by atoms with Crippen LogP contribution in [0, 0.1) is 0 Å². The van der Waals surface area contributed by atoms with Gasteiger partial charge in [-0.1, -0.05) is 11.6 Å². The molecule has 1 heterocycles. The molecule has 1 aliphatic rings. The molecule has 2 rings (SSSR count). The third-order valence-corrected chi connectivity index (χ3v) is 3.03. The van der Waals surface area contributed by atoms with Crippen LogP contribution in [0.5, 0.6) is 5.75 Å². The summed E-state index contributed by atoms with van der Waals surface area (Å²) in [4.78, 5) is 12.9. The summed E-state index contributed by atoms with van der Waals surface area (Å²) >= 11 is 5.91. The number of nitrogens with zero attached hydrogens (tertiary/aromatic N) is 1. The SMILES string of the molecule is O=Cc1cc(Cl)cc(CN2CCOCC2)c1O. The van der Waals surface area contributed by atoms with Crippen molar-refractivity contribution in [3.63, 3.8) is 0 Å². The van der Waals surface area contributed by atoms with E-state index in [0.29, 0.717) is 36.6 Å². The molecule has 0 aromatic heterocycles. The fraction of sp³-hybridized carbons (Fsp3) is 0.417. The molecule has 1 aromatic rings. The minimum absolute atomic E-state index is 0.0240. The van der Waals surface area contributed by atoms with E-state index in [0.717, 1.165) is 13.1 Å². The lowest BCUT2D eigenvalue weighted by molar-refractivity contribution is 0.0338. The van der Waals surface area contributed by atoms with Gasteiger partial charge in [-0.15, -0.1) is 0 Å². The van der Waals surface area contributed by atoms with Gasteiger partial charge >= 0.3 is 0 Å². The molecule has 1 N–H and O–H groups in total. The van der Waals surface area contributed by atoms with Gasteiger partial charge in [0.05, 0.1) is 18.8 Å². The normalized spacial score (nSPS) is 17.0. The van der Waals surface area contributed by atoms with Crippen LogP contribution < -0.4 is 0 Å². The van der Waals surface area contributed by atoms with Crippen LogP contribution in [-0.2, 0) is 11.3 Å². The number of aromatic hydroxyl groups is 1. The molecule has 5 heteroatoms. The molecule has 1 aliphatic heterocycles. The molecule has 17 heavy (non-hydrogen) atoms. The van der Waals surface area contributed by atoms with E-state index in [1.165, 1.54) is 6.07 Å². The molecule has 4 nitrogen and oxygen atoms in total. The third kappa shape index (κ3) is 2.97. The first-order valence-electron chi connectivity index (χ1n) is 5.47. The summed E-state index contributed by atoms with van der Waals surface area (Å²) in [6.45, 7) is 3.62. The number of hydrogen-bond acceptors (Lipinski definition) is 4. The van der Waals surface area contributed by atoms with Crippen LogP contribution in [0.4, 0.5) is 0 Å². The minimum atomic E-state index is 0.0240. The van der Waals surface area contributed by atoms with Crippen molar-refractivity contribution in [2.24, 2.45) is 0 Å². The standard InChI is InChI=1S/C12H14ClNO3/c13-11-5-9(12(16)10(6-11)8-15)7-14-1-3-17-4-2-14/h5-6,8,16H,1-4,7H2. The zero-order chi connectivity index (χ0) is 12.3. The smallest absolute Gasteiger partial charge is 0.153 e. The highest BCUT2D eigenvalue weighted by atomic mass is 35.5. The summed E-state index contributed by atoms with van der Waals surface area (Å²) in [7, 11) is 0. The number of hydrogen-bond donors (Lipinski definition) is 1. The number of ether oxygens (including phenoxy) is 1. The maximum absolute atomic E-state index is 10.8. The number of carbonyl (C=O) groups is 1. The Morgan fingerprint density at radius 3 is 2.76 bits per heavy atom. The van der Waals surface area contributed by atoms with Crippen molar-refractivity contribution in [3.8, 4) is 5.75 Å². The highest BCUT2D eigenvalue weighted by molar-refractivity contribution is 6.31. The van der Waals surface area contributed by atoms with Crippen LogP contribution in [0.2, 0.25) is 5.02 Å². The van der Waals surface area contributed by atoms with Gasteiger partial charge in [0.25, 0.3) is 0 Å². The van der Waals surface area contributed by atoms with E-state index in [-0.39, 0.29) is 11.3 Å². The Morgan fingerprint density at radius 2 is 2.12 bits per heavy atom. The van der Waals surface area contributed by atoms with Crippen molar-refractivity contribution in [1.29, 1.82) is 0 Å². The molecule has 0 aliphatic carbocycles. The Bertz CT molecular complexity index is 416. The Balaban J connectivity index is 2.19. The number of aldehydes is 1. The van der Waals surface area contributed by atoms with Crippen LogP contribution in [0.3, 0.4) is 0 Å². The van der Waals surface area contributed by atoms with Crippen LogP contribution in [0.25, 0.3) is 0 Å². The van der Waals surface area contributed by atoms with Crippen molar-refractivity contribution in [3.05, 3.63) is 28.3 Å². The van der Waals surface area contributed by atoms with Gasteiger partial charge in [0.1, 0.15) is 5.75 Å². The average molecular weight is 256 g/mol. The lowest BCUT2D eigenvalue weighted by atomic mass is 10.1. The van der Waals surface area contributed by atoms with Crippen LogP contribution in [-0.4, -0.2) is 42.6 Å². The fourth-order valence-electron chi connectivity index (χ4n) is 1.89. The van der Waals surface area contributed by atoms with Gasteiger partial charge in [-0.3, -0.25) is 9.69 Å². The number of phenols is 1. The second-order valence-corrected chi connectivity index (χ2v) is 4.45. The molecular formula is C12H14ClNO3. The lowest BCUT2D eigenvalue weighted by Crippen LogP contribution is -2.35. The lowest BCUT2D eigenvalue weighted by Gasteiger charge is -2.27. The molecule has 0 radical (unpaired) electrons. The fourth-order valence-corrected chi connectivity index (χ4v) is 2.14. The second-order valence-electron chi connectivity index (χ2n) is 4.01. The van der Waals surface area contributed by atoms with Gasteiger partial charge in [0.2, 0.25) is 0 Å². The molecule has 0 amide bonds. The number of benzene rings is 1. The van der Waals surface area contributed by atoms with Crippen molar-refractivity contribution >= 4 is 17.9 Å². The largest absolute Gasteiger partial charge is 0.507 e. The number of halogens is 1. The van der Waals surface area contributed by atoms with Crippen LogP contribution in [0.15, 0.2) is 12.1 Å². The molecular weight excluding hydrogens is 242 g/mol. The Morgan fingerprint density at radius 1 is 1.41 bits per heavy atom. The topological polar surface area (TPSA) is 49.8 Å². The van der Waals surface area contributed by atoms with Crippen molar-refractivity contribution in [1.82, 2.24) is 4.90 Å². The Labute approximate surface area is 105 Å². The number of phenolic OH excluding ortho intramolecular Hbond substituents is 1. The first-order chi connectivity index (χ1) is 8.20. The van der Waals surface area contributed by atoms with Crippen LogP contribution >= 0.6 is 11.6 Å². The average Bonchev–Trinajstić information content (AvgIpc) is 2.34. The predicted molar refractivity (Wildman–Crippen MR) is 64.6 cm³/mol. The summed E-state index contributed by atoms with van der Waals surface area (Å²) in [5.74, 6) is 0.0240. The monoisotopic (exact) mass is 255 g/mol. The van der Waals surface area contributed by atoms with Gasteiger partial charge in [-0.05, 0) is 12.1 Å². The summed E-state index contributed by atoms with van der Waals surface area (Å²) in [6, 6.07) is 3.16. The Hall–Kier alpha value is -1.10. The molecule has 0 spiro atoms. The van der Waals surface area contributed by atoms with E-state index < -0.39 is 0 Å². The van der Waals surface area contributed by atoms with Gasteiger partial charge in [0.15, 0.2) is 6.29 Å². The van der Waals surface area contributed by atoms with Gasteiger partial charge in [-0.25, -0.2) is 0 Å². The molecule has 1 saturated heterocycles. The molecule has 92 valence electrons. The van der Waals surface area contributed by atoms with E-state index in [4.69, 9.17) is 16.3 Å². The highest BCUT2D eigenvalue weighted by Crippen LogP contribution is 2.27. The summed E-state index contributed by atoms with van der Waals surface area (Å²) in [5.41, 5.74) is 0.919. The van der Waals surface area contributed by atoms with E-state index in [1.807, 2.05) is 0 Å². The first-order valence-corrected chi connectivity index (χ1v) is 5.85. The second kappa shape index (κ2) is 5.49. The van der Waals surface area contributed by atoms with E-state index >= 15 is 0 Å². The van der Waals surface area contributed by atoms with Gasteiger partial charge in [0, 0.05) is 30.2 Å². The molecule has 0 bridgehead atoms. The highest BCUT2D eigenvalue weighted by Gasteiger charge is 2.15. The molecule has 1 aromatic carbocycles.